The van der Waals surface area contributed by atoms with Gasteiger partial charge in [0.1, 0.15) is 11.5 Å². The Morgan fingerprint density at radius 3 is 3.00 bits per heavy atom. The van der Waals surface area contributed by atoms with Gasteiger partial charge in [-0.2, -0.15) is 0 Å². The molecule has 0 aliphatic carbocycles. The van der Waals surface area contributed by atoms with E-state index in [0.717, 1.165) is 41.0 Å². The average Bonchev–Trinajstić information content (AvgIpc) is 3.08. The first-order chi connectivity index (χ1) is 10.3. The van der Waals surface area contributed by atoms with Crippen LogP contribution in [0.25, 0.3) is 5.65 Å². The second kappa shape index (κ2) is 6.13. The monoisotopic (exact) mass is 299 g/mol. The third-order valence-corrected chi connectivity index (χ3v) is 4.18. The Hall–Kier alpha value is -2.08. The van der Waals surface area contributed by atoms with Gasteiger partial charge in [-0.25, -0.2) is 4.98 Å². The molecule has 3 aromatic heterocycles. The van der Waals surface area contributed by atoms with Crippen molar-refractivity contribution in [1.29, 1.82) is 0 Å². The fourth-order valence-corrected chi connectivity index (χ4v) is 3.05. The highest BCUT2D eigenvalue weighted by Crippen LogP contribution is 2.22. The minimum atomic E-state index is 0.740. The molecule has 0 saturated carbocycles. The Balaban J connectivity index is 1.78. The second-order valence-corrected chi connectivity index (χ2v) is 5.58. The van der Waals surface area contributed by atoms with Crippen molar-refractivity contribution in [2.24, 2.45) is 0 Å². The summed E-state index contributed by atoms with van der Waals surface area (Å²) in [5.41, 5.74) is 2.01. The highest BCUT2D eigenvalue weighted by molar-refractivity contribution is 7.98. The van der Waals surface area contributed by atoms with Crippen LogP contribution in [0.5, 0.6) is 0 Å². The van der Waals surface area contributed by atoms with Crippen LogP contribution < -0.4 is 0 Å². The van der Waals surface area contributed by atoms with Gasteiger partial charge in [0.2, 0.25) is 0 Å². The van der Waals surface area contributed by atoms with E-state index in [0.29, 0.717) is 0 Å². The Morgan fingerprint density at radius 2 is 2.24 bits per heavy atom. The van der Waals surface area contributed by atoms with Crippen molar-refractivity contribution in [2.45, 2.75) is 30.8 Å². The molecule has 0 fully saturated rings. The number of hydrogen-bond acceptors (Lipinski definition) is 4. The van der Waals surface area contributed by atoms with E-state index in [1.165, 1.54) is 0 Å². The second-order valence-electron chi connectivity index (χ2n) is 4.64. The average molecular weight is 299 g/mol. The summed E-state index contributed by atoms with van der Waals surface area (Å²) in [5, 5.41) is 9.42. The predicted octanol–water partition coefficient (Wildman–Crippen LogP) is 2.97. The van der Waals surface area contributed by atoms with Crippen molar-refractivity contribution in [3.05, 3.63) is 54.8 Å². The smallest absolute Gasteiger partial charge is 0.191 e. The highest BCUT2D eigenvalue weighted by Gasteiger charge is 2.11. The van der Waals surface area contributed by atoms with Gasteiger partial charge in [-0.3, -0.25) is 0 Å². The quantitative estimate of drug-likeness (QED) is 0.518. The normalized spacial score (nSPS) is 11.1. The van der Waals surface area contributed by atoms with Crippen LogP contribution in [0.2, 0.25) is 0 Å². The van der Waals surface area contributed by atoms with Crippen molar-refractivity contribution >= 4 is 17.4 Å². The van der Waals surface area contributed by atoms with E-state index in [9.17, 15) is 0 Å². The number of pyridine rings is 1. The molecule has 6 heteroatoms. The van der Waals surface area contributed by atoms with Crippen LogP contribution in [0.15, 0.2) is 48.4 Å². The molecular formula is C15H17N5S. The summed E-state index contributed by atoms with van der Waals surface area (Å²) in [6.45, 7) is 6.62. The summed E-state index contributed by atoms with van der Waals surface area (Å²) >= 11 is 1.66. The van der Waals surface area contributed by atoms with E-state index < -0.39 is 0 Å². The predicted molar refractivity (Wildman–Crippen MR) is 84.4 cm³/mol. The lowest BCUT2D eigenvalue weighted by molar-refractivity contribution is 0.685. The zero-order chi connectivity index (χ0) is 14.7. The first kappa shape index (κ1) is 13.9. The minimum absolute atomic E-state index is 0.740. The van der Waals surface area contributed by atoms with Crippen LogP contribution in [0.4, 0.5) is 0 Å². The number of aromatic nitrogens is 5. The largest absolute Gasteiger partial charge is 0.307 e. The van der Waals surface area contributed by atoms with Crippen LogP contribution in [0.1, 0.15) is 18.4 Å². The molecule has 3 heterocycles. The summed E-state index contributed by atoms with van der Waals surface area (Å²) in [5.74, 6) is 1.77. The van der Waals surface area contributed by atoms with Gasteiger partial charge in [-0.1, -0.05) is 30.8 Å². The van der Waals surface area contributed by atoms with Crippen LogP contribution in [-0.2, 0) is 18.7 Å². The zero-order valence-corrected chi connectivity index (χ0v) is 12.8. The number of nitrogens with zero attached hydrogens (tertiary/aromatic N) is 5. The number of rotatable bonds is 6. The molecule has 21 heavy (non-hydrogen) atoms. The topological polar surface area (TPSA) is 48.0 Å². The number of hydrogen-bond donors (Lipinski definition) is 0. The summed E-state index contributed by atoms with van der Waals surface area (Å²) in [7, 11) is 0. The number of aryl methyl sites for hydroxylation is 1. The van der Waals surface area contributed by atoms with Gasteiger partial charge in [-0.05, 0) is 12.1 Å². The molecule has 0 aromatic carbocycles. The molecule has 0 atom stereocenters. The van der Waals surface area contributed by atoms with Gasteiger partial charge in [-0.15, -0.1) is 16.8 Å². The van der Waals surface area contributed by atoms with Crippen molar-refractivity contribution in [3.63, 3.8) is 0 Å². The number of thioether (sulfide) groups is 1. The van der Waals surface area contributed by atoms with Crippen molar-refractivity contribution < 1.29 is 0 Å². The van der Waals surface area contributed by atoms with E-state index in [4.69, 9.17) is 0 Å². The van der Waals surface area contributed by atoms with Crippen LogP contribution in [0.3, 0.4) is 0 Å². The molecule has 5 nitrogen and oxygen atoms in total. The third kappa shape index (κ3) is 2.85. The molecule has 108 valence electrons. The maximum Gasteiger partial charge on any atom is 0.191 e. The highest BCUT2D eigenvalue weighted by atomic mass is 32.2. The Morgan fingerprint density at radius 1 is 1.33 bits per heavy atom. The summed E-state index contributed by atoms with van der Waals surface area (Å²) in [6, 6.07) is 6.00. The SMILES string of the molecule is C=CCn1c(CC)nnc1SCc1cn2ccccc2n1. The number of imidazole rings is 1. The first-order valence-corrected chi connectivity index (χ1v) is 7.88. The fourth-order valence-electron chi connectivity index (χ4n) is 2.20. The number of fused-ring (bicyclic) bond motifs is 1. The molecule has 0 N–H and O–H groups in total. The minimum Gasteiger partial charge on any atom is -0.307 e. The molecule has 0 saturated heterocycles. The molecule has 0 aliphatic heterocycles. The van der Waals surface area contributed by atoms with Crippen LogP contribution in [0, 0.1) is 0 Å². The molecule has 0 spiro atoms. The van der Waals surface area contributed by atoms with E-state index >= 15 is 0 Å². The van der Waals surface area contributed by atoms with Gasteiger partial charge in [0.05, 0.1) is 5.69 Å². The van der Waals surface area contributed by atoms with Gasteiger partial charge < -0.3 is 8.97 Å². The number of allylic oxidation sites excluding steroid dienone is 1. The molecule has 3 aromatic rings. The molecule has 0 amide bonds. The molecular weight excluding hydrogens is 282 g/mol. The van der Waals surface area contributed by atoms with Crippen LogP contribution in [-0.4, -0.2) is 24.1 Å². The third-order valence-electron chi connectivity index (χ3n) is 3.18. The van der Waals surface area contributed by atoms with E-state index in [-0.39, 0.29) is 0 Å². The molecule has 0 unspecified atom stereocenters. The lowest BCUT2D eigenvalue weighted by Crippen LogP contribution is -2.02. The lowest BCUT2D eigenvalue weighted by Gasteiger charge is -2.05. The van der Waals surface area contributed by atoms with E-state index in [2.05, 4.69) is 39.4 Å². The Bertz CT molecular complexity index is 725. The van der Waals surface area contributed by atoms with E-state index in [1.807, 2.05) is 34.9 Å². The van der Waals surface area contributed by atoms with Crippen molar-refractivity contribution in [1.82, 2.24) is 24.1 Å². The maximum atomic E-state index is 4.59. The van der Waals surface area contributed by atoms with Crippen molar-refractivity contribution in [3.8, 4) is 0 Å². The zero-order valence-electron chi connectivity index (χ0n) is 11.9. The molecule has 0 aliphatic rings. The Labute approximate surface area is 127 Å². The van der Waals surface area contributed by atoms with Crippen molar-refractivity contribution in [2.75, 3.05) is 0 Å². The summed E-state index contributed by atoms with van der Waals surface area (Å²) in [6.07, 6.45) is 6.80. The van der Waals surface area contributed by atoms with Gasteiger partial charge in [0.25, 0.3) is 0 Å². The van der Waals surface area contributed by atoms with E-state index in [1.54, 1.807) is 11.8 Å². The fraction of sp³-hybridized carbons (Fsp3) is 0.267. The van der Waals surface area contributed by atoms with Gasteiger partial charge >= 0.3 is 0 Å². The maximum absolute atomic E-state index is 4.59. The standard InChI is InChI=1S/C15H17N5S/c1-3-8-20-13(4-2)17-18-15(20)21-11-12-10-19-9-6-5-7-14(19)16-12/h3,5-7,9-10H,1,4,8,11H2,2H3. The Kier molecular flexibility index (Phi) is 4.06. The van der Waals surface area contributed by atoms with Gasteiger partial charge in [0.15, 0.2) is 5.16 Å². The van der Waals surface area contributed by atoms with Crippen LogP contribution >= 0.6 is 11.8 Å². The molecule has 3 rings (SSSR count). The molecule has 0 radical (unpaired) electrons. The lowest BCUT2D eigenvalue weighted by atomic mass is 10.4. The van der Waals surface area contributed by atoms with Gasteiger partial charge in [0, 0.05) is 31.1 Å². The molecule has 0 bridgehead atoms. The first-order valence-electron chi connectivity index (χ1n) is 6.90. The summed E-state index contributed by atoms with van der Waals surface area (Å²) < 4.78 is 4.13. The summed E-state index contributed by atoms with van der Waals surface area (Å²) in [4.78, 5) is 4.59.